The number of hydrogen-bond donors (Lipinski definition) is 1. The normalized spacial score (nSPS) is 12.3. The number of amides is 2. The molecule has 0 aliphatic heterocycles. The highest BCUT2D eigenvalue weighted by molar-refractivity contribution is 7.92. The Kier molecular flexibility index (Phi) is 10.5. The molecule has 4 aromatic rings. The van der Waals surface area contributed by atoms with Gasteiger partial charge in [0.1, 0.15) is 12.6 Å². The summed E-state index contributed by atoms with van der Waals surface area (Å²) in [6, 6.07) is 29.9. The van der Waals surface area contributed by atoms with Crippen LogP contribution in [0.2, 0.25) is 0 Å². The zero-order valence-corrected chi connectivity index (χ0v) is 27.8. The predicted molar refractivity (Wildman–Crippen MR) is 180 cm³/mol. The van der Waals surface area contributed by atoms with E-state index in [-0.39, 0.29) is 23.8 Å². The van der Waals surface area contributed by atoms with Crippen molar-refractivity contribution in [3.8, 4) is 0 Å². The van der Waals surface area contributed by atoms with Gasteiger partial charge in [0.25, 0.3) is 10.0 Å². The second-order valence-electron chi connectivity index (χ2n) is 12.5. The lowest BCUT2D eigenvalue weighted by Crippen LogP contribution is -2.56. The molecule has 0 saturated carbocycles. The Hall–Kier alpha value is -4.43. The molecule has 0 radical (unpaired) electrons. The van der Waals surface area contributed by atoms with Crippen molar-refractivity contribution in [2.45, 2.75) is 71.0 Å². The molecule has 4 rings (SSSR count). The Morgan fingerprint density at radius 1 is 0.756 bits per heavy atom. The smallest absolute Gasteiger partial charge is 0.264 e. The van der Waals surface area contributed by atoms with Crippen LogP contribution in [0.5, 0.6) is 0 Å². The molecule has 0 saturated heterocycles. The molecule has 1 N–H and O–H groups in total. The fourth-order valence-electron chi connectivity index (χ4n) is 5.14. The van der Waals surface area contributed by atoms with Gasteiger partial charge in [0.2, 0.25) is 11.8 Å². The van der Waals surface area contributed by atoms with Crippen molar-refractivity contribution in [2.75, 3.05) is 10.8 Å². The third-order valence-electron chi connectivity index (χ3n) is 7.59. The summed E-state index contributed by atoms with van der Waals surface area (Å²) in [7, 11) is -4.14. The number of anilines is 1. The van der Waals surface area contributed by atoms with E-state index in [1.54, 1.807) is 30.3 Å². The van der Waals surface area contributed by atoms with Crippen LogP contribution in [0.4, 0.5) is 5.69 Å². The van der Waals surface area contributed by atoms with Gasteiger partial charge in [0.05, 0.1) is 10.6 Å². The zero-order chi connectivity index (χ0) is 32.8. The molecule has 4 aromatic carbocycles. The Morgan fingerprint density at radius 3 is 1.98 bits per heavy atom. The Labute approximate surface area is 268 Å². The van der Waals surface area contributed by atoms with Gasteiger partial charge in [-0.05, 0) is 88.1 Å². The van der Waals surface area contributed by atoms with Gasteiger partial charge in [-0.1, -0.05) is 84.4 Å². The molecule has 0 heterocycles. The number of benzene rings is 4. The predicted octanol–water partition coefficient (Wildman–Crippen LogP) is 6.36. The first-order valence-electron chi connectivity index (χ1n) is 15.1. The standard InChI is InChI=1S/C37H43N3O4S/c1-27-14-13-17-31(22-27)25-39(34(36(42)38-37(4,5)6)24-30-15-9-7-10-16-30)35(41)26-40(32-21-20-28(2)29(3)23-32)45(43,44)33-18-11-8-12-19-33/h7-23,34H,24-26H2,1-6H3,(H,38,42). The molecule has 0 spiro atoms. The monoisotopic (exact) mass is 625 g/mol. The van der Waals surface area contributed by atoms with Gasteiger partial charge in [-0.3, -0.25) is 13.9 Å². The molecule has 0 bridgehead atoms. The molecule has 0 aromatic heterocycles. The molecule has 2 amide bonds. The number of nitrogens with one attached hydrogen (secondary N) is 1. The van der Waals surface area contributed by atoms with Crippen LogP contribution in [0.1, 0.15) is 48.6 Å². The van der Waals surface area contributed by atoms with E-state index in [0.29, 0.717) is 5.69 Å². The Bertz CT molecular complexity index is 1730. The number of sulfonamides is 1. The summed E-state index contributed by atoms with van der Waals surface area (Å²) >= 11 is 0. The Balaban J connectivity index is 1.83. The van der Waals surface area contributed by atoms with Crippen LogP contribution in [0.3, 0.4) is 0 Å². The average Bonchev–Trinajstić information content (AvgIpc) is 2.99. The summed E-state index contributed by atoms with van der Waals surface area (Å²) in [5.41, 5.74) is 4.48. The molecule has 1 unspecified atom stereocenters. The number of hydrogen-bond acceptors (Lipinski definition) is 4. The van der Waals surface area contributed by atoms with E-state index in [1.807, 2.05) is 102 Å². The number of rotatable bonds is 11. The fraction of sp³-hybridized carbons (Fsp3) is 0.297. The number of carbonyl (C=O) groups excluding carboxylic acids is 2. The maximum atomic E-state index is 14.6. The zero-order valence-electron chi connectivity index (χ0n) is 26.9. The van der Waals surface area contributed by atoms with Gasteiger partial charge < -0.3 is 10.2 Å². The van der Waals surface area contributed by atoms with Crippen LogP contribution in [0.25, 0.3) is 0 Å². The van der Waals surface area contributed by atoms with Crippen LogP contribution >= 0.6 is 0 Å². The fourth-order valence-corrected chi connectivity index (χ4v) is 6.57. The molecule has 7 nitrogen and oxygen atoms in total. The number of aryl methyl sites for hydroxylation is 3. The van der Waals surface area contributed by atoms with Crippen LogP contribution in [0, 0.1) is 20.8 Å². The van der Waals surface area contributed by atoms with Gasteiger partial charge in [-0.2, -0.15) is 0 Å². The topological polar surface area (TPSA) is 86.8 Å². The number of carbonyl (C=O) groups is 2. The minimum Gasteiger partial charge on any atom is -0.350 e. The summed E-state index contributed by atoms with van der Waals surface area (Å²) < 4.78 is 29.5. The minimum absolute atomic E-state index is 0.0765. The minimum atomic E-state index is -4.14. The lowest BCUT2D eigenvalue weighted by atomic mass is 10.0. The second-order valence-corrected chi connectivity index (χ2v) is 14.4. The maximum Gasteiger partial charge on any atom is 0.264 e. The highest BCUT2D eigenvalue weighted by Gasteiger charge is 2.35. The summed E-state index contributed by atoms with van der Waals surface area (Å²) in [6.45, 7) is 11.1. The van der Waals surface area contributed by atoms with Crippen LogP contribution in [0.15, 0.2) is 108 Å². The van der Waals surface area contributed by atoms with Crippen molar-refractivity contribution in [1.82, 2.24) is 10.2 Å². The van der Waals surface area contributed by atoms with Gasteiger partial charge in [0.15, 0.2) is 0 Å². The van der Waals surface area contributed by atoms with E-state index < -0.39 is 34.1 Å². The summed E-state index contributed by atoms with van der Waals surface area (Å²) in [4.78, 5) is 30.2. The molecule has 45 heavy (non-hydrogen) atoms. The summed E-state index contributed by atoms with van der Waals surface area (Å²) in [5.74, 6) is -0.796. The van der Waals surface area contributed by atoms with Crippen LogP contribution in [-0.2, 0) is 32.6 Å². The van der Waals surface area contributed by atoms with Crippen LogP contribution < -0.4 is 9.62 Å². The summed E-state index contributed by atoms with van der Waals surface area (Å²) in [6.07, 6.45) is 0.259. The molecular weight excluding hydrogens is 582 g/mol. The quantitative estimate of drug-likeness (QED) is 0.210. The molecule has 8 heteroatoms. The van der Waals surface area contributed by atoms with Crippen molar-refractivity contribution in [3.05, 3.63) is 131 Å². The molecule has 0 aliphatic carbocycles. The van der Waals surface area contributed by atoms with Gasteiger partial charge in [0, 0.05) is 18.5 Å². The third kappa shape index (κ3) is 8.82. The SMILES string of the molecule is Cc1cccc(CN(C(=O)CN(c2ccc(C)c(C)c2)S(=O)(=O)c2ccccc2)C(Cc2ccccc2)C(=O)NC(C)(C)C)c1. The molecule has 236 valence electrons. The number of nitrogens with zero attached hydrogens (tertiary/aromatic N) is 2. The van der Waals surface area contributed by atoms with E-state index >= 15 is 0 Å². The van der Waals surface area contributed by atoms with Crippen molar-refractivity contribution in [2.24, 2.45) is 0 Å². The largest absolute Gasteiger partial charge is 0.350 e. The first-order chi connectivity index (χ1) is 21.2. The lowest BCUT2D eigenvalue weighted by molar-refractivity contribution is -0.140. The van der Waals surface area contributed by atoms with Gasteiger partial charge in [-0.15, -0.1) is 0 Å². The summed E-state index contributed by atoms with van der Waals surface area (Å²) in [5, 5.41) is 3.06. The molecule has 1 atom stereocenters. The van der Waals surface area contributed by atoms with E-state index in [9.17, 15) is 18.0 Å². The highest BCUT2D eigenvalue weighted by Crippen LogP contribution is 2.27. The van der Waals surface area contributed by atoms with Crippen molar-refractivity contribution >= 4 is 27.5 Å². The highest BCUT2D eigenvalue weighted by atomic mass is 32.2. The first kappa shape index (κ1) is 33.5. The maximum absolute atomic E-state index is 14.6. The molecular formula is C37H43N3O4S. The lowest BCUT2D eigenvalue weighted by Gasteiger charge is -2.35. The molecule has 0 aliphatic rings. The average molecular weight is 626 g/mol. The van der Waals surface area contributed by atoms with E-state index in [0.717, 1.165) is 32.1 Å². The molecule has 0 fully saturated rings. The van der Waals surface area contributed by atoms with Gasteiger partial charge >= 0.3 is 0 Å². The van der Waals surface area contributed by atoms with Gasteiger partial charge in [-0.25, -0.2) is 8.42 Å². The van der Waals surface area contributed by atoms with Crippen LogP contribution in [-0.4, -0.2) is 43.3 Å². The van der Waals surface area contributed by atoms with E-state index in [4.69, 9.17) is 0 Å². The first-order valence-corrected chi connectivity index (χ1v) is 16.5. The van der Waals surface area contributed by atoms with Crippen molar-refractivity contribution in [3.63, 3.8) is 0 Å². The Morgan fingerprint density at radius 2 is 1.38 bits per heavy atom. The van der Waals surface area contributed by atoms with E-state index in [2.05, 4.69) is 5.32 Å². The van der Waals surface area contributed by atoms with Crippen molar-refractivity contribution in [1.29, 1.82) is 0 Å². The second kappa shape index (κ2) is 14.1. The van der Waals surface area contributed by atoms with Crippen molar-refractivity contribution < 1.29 is 18.0 Å². The van der Waals surface area contributed by atoms with E-state index in [1.165, 1.54) is 17.0 Å². The third-order valence-corrected chi connectivity index (χ3v) is 9.38.